The summed E-state index contributed by atoms with van der Waals surface area (Å²) in [6.45, 7) is 1.48. The molecule has 76 valence electrons. The number of benzene rings is 1. The fourth-order valence-electron chi connectivity index (χ4n) is 0.808. The van der Waals surface area contributed by atoms with Gasteiger partial charge in [0.15, 0.2) is 6.10 Å². The van der Waals surface area contributed by atoms with Crippen LogP contribution in [0.25, 0.3) is 0 Å². The van der Waals surface area contributed by atoms with Crippen molar-refractivity contribution in [1.82, 2.24) is 0 Å². The quantitative estimate of drug-likeness (QED) is 0.755. The van der Waals surface area contributed by atoms with Crippen LogP contribution in [0.1, 0.15) is 6.92 Å². The summed E-state index contributed by atoms with van der Waals surface area (Å²) < 4.78 is 17.7. The average molecular weight is 237 g/mol. The van der Waals surface area contributed by atoms with E-state index in [1.165, 1.54) is 19.1 Å². The molecule has 0 spiro atoms. The Bertz CT molecular complexity index is 355. The Morgan fingerprint density at radius 2 is 2.21 bits per heavy atom. The Balaban J connectivity index is 2.82. The van der Waals surface area contributed by atoms with Crippen molar-refractivity contribution in [3.8, 4) is 5.75 Å². The predicted octanol–water partition coefficient (Wildman–Crippen LogP) is 3.01. The van der Waals surface area contributed by atoms with E-state index in [1.54, 1.807) is 0 Å². The van der Waals surface area contributed by atoms with Gasteiger partial charge in [0, 0.05) is 0 Å². The zero-order valence-corrected chi connectivity index (χ0v) is 8.77. The third-order valence-electron chi connectivity index (χ3n) is 1.52. The summed E-state index contributed by atoms with van der Waals surface area (Å²) in [5, 5.41) is -0.528. The molecular weight excluding hydrogens is 230 g/mol. The van der Waals surface area contributed by atoms with E-state index >= 15 is 0 Å². The monoisotopic (exact) mass is 236 g/mol. The van der Waals surface area contributed by atoms with Gasteiger partial charge in [-0.1, -0.05) is 11.6 Å². The first-order valence-corrected chi connectivity index (χ1v) is 4.57. The van der Waals surface area contributed by atoms with Crippen molar-refractivity contribution in [1.29, 1.82) is 0 Å². The number of ether oxygens (including phenoxy) is 1. The Kier molecular flexibility index (Phi) is 3.72. The number of carbonyl (C=O) groups excluding carboxylic acids is 1. The number of halogens is 3. The highest BCUT2D eigenvalue weighted by Gasteiger charge is 2.13. The van der Waals surface area contributed by atoms with Crippen LogP contribution < -0.4 is 4.74 Å². The van der Waals surface area contributed by atoms with Crippen molar-refractivity contribution in [2.24, 2.45) is 0 Å². The van der Waals surface area contributed by atoms with Gasteiger partial charge >= 0.3 is 0 Å². The van der Waals surface area contributed by atoms with Gasteiger partial charge in [0.05, 0.1) is 5.02 Å². The van der Waals surface area contributed by atoms with Crippen molar-refractivity contribution < 1.29 is 13.9 Å². The van der Waals surface area contributed by atoms with E-state index < -0.39 is 17.2 Å². The normalized spacial score (nSPS) is 12.3. The molecule has 0 N–H and O–H groups in total. The Hall–Kier alpha value is -0.800. The third-order valence-corrected chi connectivity index (χ3v) is 2.12. The standard InChI is InChI=1S/C9H7Cl2FO2/c1-5(9(11)13)14-8-3-2-6(12)4-7(8)10/h2-5H,1H3/t5-/m0/s1. The lowest BCUT2D eigenvalue weighted by Gasteiger charge is -2.11. The van der Waals surface area contributed by atoms with Gasteiger partial charge in [-0.05, 0) is 36.7 Å². The van der Waals surface area contributed by atoms with Gasteiger partial charge in [-0.3, -0.25) is 4.79 Å². The predicted molar refractivity (Wildman–Crippen MR) is 52.4 cm³/mol. The molecule has 0 amide bonds. The number of hydrogen-bond acceptors (Lipinski definition) is 2. The third kappa shape index (κ3) is 2.86. The van der Waals surface area contributed by atoms with E-state index in [0.29, 0.717) is 0 Å². The molecule has 2 nitrogen and oxygen atoms in total. The molecule has 1 aromatic carbocycles. The van der Waals surface area contributed by atoms with E-state index in [-0.39, 0.29) is 10.8 Å². The van der Waals surface area contributed by atoms with Crippen LogP contribution in [-0.4, -0.2) is 11.3 Å². The van der Waals surface area contributed by atoms with Crippen LogP contribution >= 0.6 is 23.2 Å². The molecule has 1 aromatic rings. The molecule has 5 heteroatoms. The SMILES string of the molecule is C[C@H](Oc1ccc(F)cc1Cl)C(=O)Cl. The zero-order chi connectivity index (χ0) is 10.7. The topological polar surface area (TPSA) is 26.3 Å². The first kappa shape index (κ1) is 11.3. The lowest BCUT2D eigenvalue weighted by Crippen LogP contribution is -2.19. The Morgan fingerprint density at radius 1 is 1.57 bits per heavy atom. The van der Waals surface area contributed by atoms with Crippen LogP contribution in [0.2, 0.25) is 5.02 Å². The summed E-state index contributed by atoms with van der Waals surface area (Å²) in [6, 6.07) is 3.63. The van der Waals surface area contributed by atoms with Crippen LogP contribution in [0.15, 0.2) is 18.2 Å². The molecule has 1 rings (SSSR count). The molecule has 0 fully saturated rings. The van der Waals surface area contributed by atoms with Crippen molar-refractivity contribution in [3.05, 3.63) is 29.0 Å². The maximum atomic E-state index is 12.6. The van der Waals surface area contributed by atoms with Gasteiger partial charge in [-0.25, -0.2) is 4.39 Å². The maximum Gasteiger partial charge on any atom is 0.262 e. The summed E-state index contributed by atoms with van der Waals surface area (Å²) in [5.74, 6) is -0.234. The Morgan fingerprint density at radius 3 is 2.71 bits per heavy atom. The number of carbonyl (C=O) groups is 1. The van der Waals surface area contributed by atoms with Gasteiger partial charge in [-0.2, -0.15) is 0 Å². The Labute approximate surface area is 90.6 Å². The zero-order valence-electron chi connectivity index (χ0n) is 7.26. The highest BCUT2D eigenvalue weighted by molar-refractivity contribution is 6.64. The lowest BCUT2D eigenvalue weighted by molar-refractivity contribution is -0.117. The van der Waals surface area contributed by atoms with E-state index in [2.05, 4.69) is 0 Å². The molecule has 0 saturated heterocycles. The molecule has 0 unspecified atom stereocenters. The molecule has 0 saturated carbocycles. The summed E-state index contributed by atoms with van der Waals surface area (Å²) >= 11 is 10.8. The van der Waals surface area contributed by atoms with E-state index in [4.69, 9.17) is 27.9 Å². The summed E-state index contributed by atoms with van der Waals surface area (Å²) in [4.78, 5) is 10.6. The first-order valence-electron chi connectivity index (χ1n) is 3.81. The first-order chi connectivity index (χ1) is 6.50. The van der Waals surface area contributed by atoms with E-state index in [9.17, 15) is 9.18 Å². The smallest absolute Gasteiger partial charge is 0.262 e. The van der Waals surface area contributed by atoms with Gasteiger partial charge in [-0.15, -0.1) is 0 Å². The van der Waals surface area contributed by atoms with Gasteiger partial charge < -0.3 is 4.74 Å². The highest BCUT2D eigenvalue weighted by Crippen LogP contribution is 2.26. The summed E-state index contributed by atoms with van der Waals surface area (Å²) in [7, 11) is 0. The van der Waals surface area contributed by atoms with Crippen molar-refractivity contribution in [2.75, 3.05) is 0 Å². The second-order valence-corrected chi connectivity index (χ2v) is 3.42. The summed E-state index contributed by atoms with van der Waals surface area (Å²) in [6.07, 6.45) is -0.806. The maximum absolute atomic E-state index is 12.6. The number of rotatable bonds is 3. The van der Waals surface area contributed by atoms with E-state index in [1.807, 2.05) is 0 Å². The van der Waals surface area contributed by atoms with Crippen LogP contribution in [-0.2, 0) is 4.79 Å². The molecule has 0 heterocycles. The fourth-order valence-corrected chi connectivity index (χ4v) is 1.06. The highest BCUT2D eigenvalue weighted by atomic mass is 35.5. The molecule has 1 atom stereocenters. The van der Waals surface area contributed by atoms with Gasteiger partial charge in [0.1, 0.15) is 11.6 Å². The largest absolute Gasteiger partial charge is 0.480 e. The van der Waals surface area contributed by atoms with Crippen LogP contribution in [0, 0.1) is 5.82 Å². The van der Waals surface area contributed by atoms with Crippen LogP contribution in [0.3, 0.4) is 0 Å². The second kappa shape index (κ2) is 4.62. The fraction of sp³-hybridized carbons (Fsp3) is 0.222. The molecule has 14 heavy (non-hydrogen) atoms. The molecule has 0 radical (unpaired) electrons. The van der Waals surface area contributed by atoms with Crippen LogP contribution in [0.5, 0.6) is 5.75 Å². The minimum absolute atomic E-state index is 0.106. The van der Waals surface area contributed by atoms with E-state index in [0.717, 1.165) is 6.07 Å². The minimum Gasteiger partial charge on any atom is -0.480 e. The molecule has 0 aliphatic rings. The minimum atomic E-state index is -0.806. The number of hydrogen-bond donors (Lipinski definition) is 0. The average Bonchev–Trinajstić information content (AvgIpc) is 2.09. The molecule has 0 aromatic heterocycles. The summed E-state index contributed by atoms with van der Waals surface area (Å²) in [5.41, 5.74) is 0. The second-order valence-electron chi connectivity index (χ2n) is 2.64. The molecule has 0 aliphatic heterocycles. The molecule has 0 bridgehead atoms. The van der Waals surface area contributed by atoms with Crippen molar-refractivity contribution >= 4 is 28.4 Å². The van der Waals surface area contributed by atoms with Gasteiger partial charge in [0.25, 0.3) is 5.24 Å². The van der Waals surface area contributed by atoms with Gasteiger partial charge in [0.2, 0.25) is 0 Å². The lowest BCUT2D eigenvalue weighted by atomic mass is 10.3. The van der Waals surface area contributed by atoms with Crippen LogP contribution in [0.4, 0.5) is 4.39 Å². The molecular formula is C9H7Cl2FO2. The molecule has 0 aliphatic carbocycles. The van der Waals surface area contributed by atoms with Crippen molar-refractivity contribution in [3.63, 3.8) is 0 Å². The van der Waals surface area contributed by atoms with Crippen molar-refractivity contribution in [2.45, 2.75) is 13.0 Å².